The van der Waals surface area contributed by atoms with Crippen molar-refractivity contribution in [2.45, 2.75) is 84.7 Å². The highest BCUT2D eigenvalue weighted by molar-refractivity contribution is 9.11. The molecule has 8 N–H and O–H groups in total. The Labute approximate surface area is 759 Å². The summed E-state index contributed by atoms with van der Waals surface area (Å²) in [5.74, 6) is 2.40. The summed E-state index contributed by atoms with van der Waals surface area (Å²) in [6, 6.07) is 46.7. The molecule has 6 aromatic carbocycles. The second kappa shape index (κ2) is 42.1. The van der Waals surface area contributed by atoms with E-state index in [0.29, 0.717) is 104 Å². The Hall–Kier alpha value is -12.4. The van der Waals surface area contributed by atoms with Crippen LogP contribution in [0.2, 0.25) is 5.02 Å². The Morgan fingerprint density at radius 3 is 2.23 bits per heavy atom. The maximum absolute atomic E-state index is 13.2. The van der Waals surface area contributed by atoms with Crippen molar-refractivity contribution in [3.63, 3.8) is 0 Å². The van der Waals surface area contributed by atoms with E-state index in [1.807, 2.05) is 161 Å². The van der Waals surface area contributed by atoms with E-state index in [2.05, 4.69) is 99.3 Å². The monoisotopic (exact) mass is 1880 g/mol. The zero-order valence-electron chi connectivity index (χ0n) is 70.5. The molecule has 3 aliphatic heterocycles. The lowest BCUT2D eigenvalue weighted by Gasteiger charge is -2.37. The highest BCUT2D eigenvalue weighted by Crippen LogP contribution is 2.38. The van der Waals surface area contributed by atoms with Crippen LogP contribution in [0, 0.1) is 32.1 Å². The quantitative estimate of drug-likeness (QED) is 0.0212. The van der Waals surface area contributed by atoms with Gasteiger partial charge in [-0.2, -0.15) is 10.4 Å². The second-order valence-corrected chi connectivity index (χ2v) is 35.0. The van der Waals surface area contributed by atoms with Crippen LogP contribution in [-0.2, 0) is 40.7 Å². The van der Waals surface area contributed by atoms with Gasteiger partial charge in [0.1, 0.15) is 63.7 Å². The van der Waals surface area contributed by atoms with Crippen LogP contribution in [0.15, 0.2) is 202 Å². The van der Waals surface area contributed by atoms with Gasteiger partial charge >= 0.3 is 0 Å². The molecule has 9 heterocycles. The van der Waals surface area contributed by atoms with Gasteiger partial charge in [-0.15, -0.1) is 22.7 Å². The summed E-state index contributed by atoms with van der Waals surface area (Å²) in [7, 11) is 5.48. The number of β-amino-alcohol motifs (C(OH)–C–C–N with tert-alkyl or cyclic N) is 1. The first kappa shape index (κ1) is 91.3. The Kier molecular flexibility index (Phi) is 30.5. The minimum atomic E-state index is -0.647. The van der Waals surface area contributed by atoms with Crippen molar-refractivity contribution in [1.29, 1.82) is 5.26 Å². The molecule has 2 atom stereocenters. The van der Waals surface area contributed by atoms with Gasteiger partial charge in [0.05, 0.1) is 61.9 Å². The van der Waals surface area contributed by atoms with Crippen molar-refractivity contribution in [3.8, 4) is 40.1 Å². The predicted octanol–water partition coefficient (Wildman–Crippen LogP) is 16.0. The SMILES string of the molecule is C/C(O)=C(\C#N)C(=O)Nc1cc(Br)ccc1Br.C=CC(=O)N1CCCC(n2nc(-c3ccc(Oc4ccccc4)cc3)c3c(N)ncnc32)C1.Cc1c(NC(=O)c2cc3c(s2)CCCC3)cccc1-c1cn(C)c(=O)c(Nc2ccc(C3C(=O)N(C)CCN3C)cc2)n1.Cc1nc(Cc2ncc(C(=O)Nc3c(C)cccc3Cl)s2)cc(N2CCN(CCO)CC2)n1. The number of nitrogens with two attached hydrogens (primary N) is 1. The number of benzene rings is 6. The number of para-hydroxylation sites is 2. The number of thiazole rings is 1. The lowest BCUT2D eigenvalue weighted by atomic mass is 9.99. The van der Waals surface area contributed by atoms with Crippen molar-refractivity contribution in [2.75, 3.05) is 112 Å². The number of hydrogen-bond donors (Lipinski definition) is 7. The van der Waals surface area contributed by atoms with E-state index in [1.54, 1.807) is 70.9 Å². The molecule has 1 aliphatic carbocycles. The zero-order valence-corrected chi connectivity index (χ0v) is 76.1. The fourth-order valence-electron chi connectivity index (χ4n) is 15.0. The van der Waals surface area contributed by atoms with Gasteiger partial charge in [-0.25, -0.2) is 34.6 Å². The molecule has 16 rings (SSSR count). The van der Waals surface area contributed by atoms with E-state index < -0.39 is 5.91 Å². The van der Waals surface area contributed by atoms with Crippen LogP contribution in [0.1, 0.15) is 108 Å². The number of nitriles is 1. The Morgan fingerprint density at radius 1 is 0.770 bits per heavy atom. The molecule has 4 aliphatic rings. The normalized spacial score (nSPS) is 15.3. The third-order valence-electron chi connectivity index (χ3n) is 21.8. The fraction of sp³-hybridized carbons (Fsp3) is 0.283. The van der Waals surface area contributed by atoms with Crippen molar-refractivity contribution >= 4 is 147 Å². The third-order valence-corrected chi connectivity index (χ3v) is 25.5. The molecule has 3 saturated heterocycles. The first-order valence-electron chi connectivity index (χ1n) is 40.9. The number of amides is 5. The fourth-order valence-corrected chi connectivity index (χ4v) is 18.0. The molecule has 0 radical (unpaired) electrons. The molecule has 34 heteroatoms. The number of aryl methyl sites for hydroxylation is 5. The number of allylic oxidation sites excluding steroid dienone is 1. The summed E-state index contributed by atoms with van der Waals surface area (Å²) in [4.78, 5) is 115. The lowest BCUT2D eigenvalue weighted by Crippen LogP contribution is -2.48. The Morgan fingerprint density at radius 2 is 1.51 bits per heavy atom. The van der Waals surface area contributed by atoms with Gasteiger partial charge in [0.2, 0.25) is 11.8 Å². The maximum Gasteiger partial charge on any atom is 0.293 e. The zero-order chi connectivity index (χ0) is 89.4. The number of carbonyl (C=O) groups excluding carboxylic acids is 5. The van der Waals surface area contributed by atoms with E-state index >= 15 is 0 Å². The molecule has 0 saturated carbocycles. The number of aliphatic hydroxyl groups is 2. The van der Waals surface area contributed by atoms with Crippen molar-refractivity contribution in [2.24, 2.45) is 7.05 Å². The number of ether oxygens (including phenoxy) is 1. The molecule has 6 aromatic heterocycles. The molecule has 12 aromatic rings. The van der Waals surface area contributed by atoms with Crippen LogP contribution in [0.3, 0.4) is 0 Å². The minimum absolute atomic E-state index is 0.00566. The molecule has 0 bridgehead atoms. The Bertz CT molecular complexity index is 6100. The van der Waals surface area contributed by atoms with Crippen LogP contribution in [0.25, 0.3) is 33.5 Å². The number of thiophene rings is 1. The van der Waals surface area contributed by atoms with Gasteiger partial charge in [0, 0.05) is 128 Å². The molecular weight excluding hydrogens is 1790 g/mol. The van der Waals surface area contributed by atoms with Crippen LogP contribution in [0.5, 0.6) is 11.5 Å². The highest BCUT2D eigenvalue weighted by atomic mass is 79.9. The molecule has 3 fully saturated rings. The minimum Gasteiger partial charge on any atom is -0.511 e. The average molecular weight is 1880 g/mol. The smallest absolute Gasteiger partial charge is 0.293 e. The van der Waals surface area contributed by atoms with E-state index in [-0.39, 0.29) is 65.0 Å². The summed E-state index contributed by atoms with van der Waals surface area (Å²) < 4.78 is 10.8. The largest absolute Gasteiger partial charge is 0.511 e. The Balaban J connectivity index is 0.000000150. The summed E-state index contributed by atoms with van der Waals surface area (Å²) in [5.41, 5.74) is 16.8. The van der Waals surface area contributed by atoms with Crippen LogP contribution in [0.4, 0.5) is 40.2 Å². The number of carbonyl (C=O) groups is 5. The molecule has 29 nitrogen and oxygen atoms in total. The molecule has 2 unspecified atom stereocenters. The van der Waals surface area contributed by atoms with E-state index in [4.69, 9.17) is 47.6 Å². The number of hydrogen-bond acceptors (Lipinski definition) is 24. The molecule has 0 spiro atoms. The summed E-state index contributed by atoms with van der Waals surface area (Å²) in [6.07, 6.45) is 12.9. The number of piperazine rings is 2. The van der Waals surface area contributed by atoms with E-state index in [0.717, 1.165) is 124 Å². The van der Waals surface area contributed by atoms with Gasteiger partial charge in [0.15, 0.2) is 17.0 Å². The number of nitrogens with one attached hydrogen (secondary N) is 4. The number of nitrogens with zero attached hydrogens (tertiary/aromatic N) is 15. The number of likely N-dealkylation sites (tertiary alicyclic amines) is 1. The number of rotatable bonds is 20. The van der Waals surface area contributed by atoms with Gasteiger partial charge in [-0.05, 0) is 202 Å². The van der Waals surface area contributed by atoms with Crippen LogP contribution >= 0.6 is 66.1 Å². The van der Waals surface area contributed by atoms with Gasteiger partial charge in [-0.3, -0.25) is 38.6 Å². The molecular formula is C92H95Br2ClN20O9S2. The number of fused-ring (bicyclic) bond motifs is 2. The number of halogens is 3. The number of anilines is 7. The number of aliphatic hydroxyl groups excluding tert-OH is 2. The number of piperidine rings is 1. The lowest BCUT2D eigenvalue weighted by molar-refractivity contribution is -0.139. The molecule has 650 valence electrons. The standard InChI is InChI=1S/C33H36N6O3S.C25H24N6O2.C23H27ClN6O2S.C11H8Br2N2O2/c1-20-24(9-7-10-25(20)36-31(40)28-18-22-8-5-6-11-27(22)43-28)26-19-39(4)33(42)30(35-26)34-23-14-12-21(13-15-23)29-32(41)38(3)17-16-37(29)2;1-2-21(32)30-14-6-7-18(15-30)31-25-22(24(26)27-16-28-25)23(29-31)17-10-12-20(13-11-17)33-19-8-4-3-5-9-19;1-15-4-3-5-18(24)22(15)28-23(32)19-14-25-21(33-19)13-17-12-20(27-16(2)26-17)30-8-6-29(7-9-30)10-11-31;1-6(16)8(5-14)11(17)15-10-4-7(12)2-3-9(10)13/h7,9-10,12-15,18-19,29H,5-6,8,11,16-17H2,1-4H3,(H,34,35)(H,36,40);2-5,8-13,16,18H,1,6-7,14-15H2,(H2,26,27,28);3-5,12,14,31H,6-11,13H2,1-2H3,(H,28,32);2-4,16H,1H3,(H,15,17)/b;;;8-6-. The number of aromatic nitrogens is 9. The first-order chi connectivity index (χ1) is 60.7. The van der Waals surface area contributed by atoms with E-state index in [1.165, 1.54) is 58.5 Å². The summed E-state index contributed by atoms with van der Waals surface area (Å²) >= 11 is 15.7. The third kappa shape index (κ3) is 22.5. The highest BCUT2D eigenvalue weighted by Gasteiger charge is 2.33. The summed E-state index contributed by atoms with van der Waals surface area (Å²) in [5, 5.41) is 45.6. The predicted molar refractivity (Wildman–Crippen MR) is 501 cm³/mol. The van der Waals surface area contributed by atoms with Gasteiger partial charge in [0.25, 0.3) is 23.3 Å². The van der Waals surface area contributed by atoms with Crippen molar-refractivity contribution < 1.29 is 38.9 Å². The maximum atomic E-state index is 13.2. The first-order valence-corrected chi connectivity index (χ1v) is 44.5. The number of likely N-dealkylation sites (N-methyl/N-ethyl adjacent to an activating group) is 2. The summed E-state index contributed by atoms with van der Waals surface area (Å²) in [6.45, 7) is 17.8. The van der Waals surface area contributed by atoms with Gasteiger partial charge < -0.3 is 61.2 Å². The number of nitrogen functional groups attached to an aromatic ring is 1. The molecule has 5 amide bonds. The average Bonchev–Trinajstić information content (AvgIpc) is 1.60. The van der Waals surface area contributed by atoms with Gasteiger partial charge in [-0.1, -0.05) is 88.7 Å². The topological polar surface area (TPSA) is 366 Å². The van der Waals surface area contributed by atoms with Crippen LogP contribution < -0.4 is 42.2 Å². The van der Waals surface area contributed by atoms with Crippen molar-refractivity contribution in [1.82, 2.24) is 63.9 Å². The second-order valence-electron chi connectivity index (χ2n) is 30.6. The molecule has 126 heavy (non-hydrogen) atoms. The van der Waals surface area contributed by atoms with Crippen LogP contribution in [-0.4, -0.2) is 183 Å². The van der Waals surface area contributed by atoms with E-state index in [9.17, 15) is 28.8 Å². The van der Waals surface area contributed by atoms with Crippen molar-refractivity contribution in [3.05, 3.63) is 266 Å².